The minimum Gasteiger partial charge on any atom is -0.366 e. The van der Waals surface area contributed by atoms with Crippen molar-refractivity contribution in [2.24, 2.45) is 21.0 Å². The smallest absolute Gasteiger partial charge is 0.240 e. The number of nitrogens with zero attached hydrogens (tertiary/aromatic N) is 3. The highest BCUT2D eigenvalue weighted by Gasteiger charge is 1.92. The average Bonchev–Trinajstić information content (AvgIpc) is 2.39. The molecular weight excluding hydrogens is 248 g/mol. The first-order chi connectivity index (χ1) is 8.74. The molecule has 0 heterocycles. The van der Waals surface area contributed by atoms with Crippen molar-refractivity contribution in [2.45, 2.75) is 0 Å². The summed E-state index contributed by atoms with van der Waals surface area (Å²) in [6.07, 6.45) is 0. The second kappa shape index (κ2) is 5.93. The quantitative estimate of drug-likeness (QED) is 0.493. The second-order valence-electron chi connectivity index (χ2n) is 3.48. The van der Waals surface area contributed by atoms with E-state index in [2.05, 4.69) is 15.2 Å². The fourth-order valence-electron chi connectivity index (χ4n) is 1.27. The third-order valence-electron chi connectivity index (χ3n) is 2.09. The second-order valence-corrected chi connectivity index (χ2v) is 3.92. The van der Waals surface area contributed by atoms with Gasteiger partial charge >= 0.3 is 0 Å². The van der Waals surface area contributed by atoms with E-state index in [1.165, 1.54) is 0 Å². The van der Waals surface area contributed by atoms with Gasteiger partial charge in [-0.25, -0.2) is 4.99 Å². The normalized spacial score (nSPS) is 11.9. The van der Waals surface area contributed by atoms with E-state index in [-0.39, 0.29) is 5.96 Å². The van der Waals surface area contributed by atoms with E-state index in [1.807, 2.05) is 30.3 Å². The lowest BCUT2D eigenvalue weighted by atomic mass is 10.3. The Bertz CT molecular complexity index is 561. The average molecular weight is 259 g/mol. The van der Waals surface area contributed by atoms with E-state index in [9.17, 15) is 0 Å². The number of nitrogens with two attached hydrogens (primary N) is 1. The molecule has 0 unspecified atom stereocenters. The topological polar surface area (TPSA) is 63.1 Å². The lowest BCUT2D eigenvalue weighted by Crippen LogP contribution is -2.06. The van der Waals surface area contributed by atoms with Crippen molar-refractivity contribution in [1.29, 1.82) is 0 Å². The number of hydrogen-bond acceptors (Lipinski definition) is 2. The van der Waals surface area contributed by atoms with Crippen LogP contribution in [0.3, 0.4) is 0 Å². The van der Waals surface area contributed by atoms with Crippen molar-refractivity contribution >= 4 is 28.9 Å². The largest absolute Gasteiger partial charge is 0.366 e. The monoisotopic (exact) mass is 258 g/mol. The summed E-state index contributed by atoms with van der Waals surface area (Å²) in [5.74, 6) is 0.108. The van der Waals surface area contributed by atoms with E-state index >= 15 is 0 Å². The summed E-state index contributed by atoms with van der Waals surface area (Å²) < 4.78 is 0. The zero-order valence-corrected chi connectivity index (χ0v) is 10.2. The Labute approximate surface area is 110 Å². The maximum Gasteiger partial charge on any atom is 0.240 e. The number of guanidine groups is 1. The fourth-order valence-corrected chi connectivity index (χ4v) is 1.40. The van der Waals surface area contributed by atoms with Gasteiger partial charge in [-0.3, -0.25) is 0 Å². The van der Waals surface area contributed by atoms with Crippen LogP contribution in [0.1, 0.15) is 0 Å². The van der Waals surface area contributed by atoms with Crippen LogP contribution in [-0.4, -0.2) is 5.96 Å². The predicted molar refractivity (Wildman–Crippen MR) is 73.7 cm³/mol. The molecule has 0 aliphatic rings. The molecule has 2 N–H and O–H groups in total. The van der Waals surface area contributed by atoms with Crippen LogP contribution >= 0.6 is 11.6 Å². The summed E-state index contributed by atoms with van der Waals surface area (Å²) in [5, 5.41) is 8.44. The van der Waals surface area contributed by atoms with Crippen LogP contribution in [0.4, 0.5) is 11.4 Å². The van der Waals surface area contributed by atoms with Gasteiger partial charge in [0, 0.05) is 5.02 Å². The van der Waals surface area contributed by atoms with Crippen molar-refractivity contribution in [3.8, 4) is 0 Å². The van der Waals surface area contributed by atoms with E-state index < -0.39 is 0 Å². The molecule has 0 bridgehead atoms. The number of hydrogen-bond donors (Lipinski definition) is 1. The minimum absolute atomic E-state index is 0.108. The molecule has 0 aromatic heterocycles. The first-order valence-electron chi connectivity index (χ1n) is 5.30. The molecule has 0 saturated heterocycles. The molecule has 4 nitrogen and oxygen atoms in total. The summed E-state index contributed by atoms with van der Waals surface area (Å²) >= 11 is 5.76. The van der Waals surface area contributed by atoms with Gasteiger partial charge in [0.05, 0.1) is 11.4 Å². The predicted octanol–water partition coefficient (Wildman–Crippen LogP) is 4.07. The van der Waals surface area contributed by atoms with Crippen LogP contribution in [0.5, 0.6) is 0 Å². The Morgan fingerprint density at radius 3 is 2.22 bits per heavy atom. The van der Waals surface area contributed by atoms with Crippen LogP contribution < -0.4 is 5.73 Å². The van der Waals surface area contributed by atoms with E-state index in [0.717, 1.165) is 5.69 Å². The van der Waals surface area contributed by atoms with Crippen molar-refractivity contribution in [3.05, 3.63) is 59.6 Å². The highest BCUT2D eigenvalue weighted by molar-refractivity contribution is 6.30. The summed E-state index contributed by atoms with van der Waals surface area (Å²) in [4.78, 5) is 4.10. The van der Waals surface area contributed by atoms with Crippen molar-refractivity contribution in [3.63, 3.8) is 0 Å². The Kier molecular flexibility index (Phi) is 4.04. The van der Waals surface area contributed by atoms with Gasteiger partial charge in [-0.2, -0.15) is 0 Å². The molecule has 2 aromatic rings. The van der Waals surface area contributed by atoms with Gasteiger partial charge in [-0.05, 0) is 36.4 Å². The zero-order valence-electron chi connectivity index (χ0n) is 9.49. The summed E-state index contributed by atoms with van der Waals surface area (Å²) in [5.41, 5.74) is 7.06. The summed E-state index contributed by atoms with van der Waals surface area (Å²) in [6, 6.07) is 16.3. The van der Waals surface area contributed by atoms with Gasteiger partial charge in [0.2, 0.25) is 5.96 Å². The summed E-state index contributed by atoms with van der Waals surface area (Å²) in [6.45, 7) is 0. The van der Waals surface area contributed by atoms with Crippen molar-refractivity contribution in [2.75, 3.05) is 0 Å². The zero-order chi connectivity index (χ0) is 12.8. The maximum atomic E-state index is 5.76. The van der Waals surface area contributed by atoms with Crippen LogP contribution in [-0.2, 0) is 0 Å². The number of azo groups is 1. The molecule has 0 atom stereocenters. The molecule has 0 fully saturated rings. The summed E-state index contributed by atoms with van der Waals surface area (Å²) in [7, 11) is 0. The molecule has 18 heavy (non-hydrogen) atoms. The van der Waals surface area contributed by atoms with Crippen molar-refractivity contribution < 1.29 is 0 Å². The molecule has 0 radical (unpaired) electrons. The van der Waals surface area contributed by atoms with Gasteiger partial charge < -0.3 is 5.73 Å². The molecular formula is C13H11ClN4. The lowest BCUT2D eigenvalue weighted by molar-refractivity contribution is 1.24. The number of para-hydroxylation sites is 1. The molecule has 0 aliphatic carbocycles. The van der Waals surface area contributed by atoms with Crippen LogP contribution in [0.25, 0.3) is 0 Å². The standard InChI is InChI=1S/C13H11ClN4/c14-10-6-8-12(9-7-10)17-18-13(15)16-11-4-2-1-3-5-11/h1-9H,(H2,15,16). The van der Waals surface area contributed by atoms with E-state index in [1.54, 1.807) is 24.3 Å². The fraction of sp³-hybridized carbons (Fsp3) is 0. The van der Waals surface area contributed by atoms with Gasteiger partial charge in [0.15, 0.2) is 0 Å². The first-order valence-corrected chi connectivity index (χ1v) is 5.68. The Morgan fingerprint density at radius 2 is 1.56 bits per heavy atom. The van der Waals surface area contributed by atoms with E-state index in [0.29, 0.717) is 10.7 Å². The Balaban J connectivity index is 2.09. The highest BCUT2D eigenvalue weighted by Crippen LogP contribution is 2.16. The first kappa shape index (κ1) is 12.3. The van der Waals surface area contributed by atoms with Gasteiger partial charge in [0.25, 0.3) is 0 Å². The number of rotatable bonds is 2. The van der Waals surface area contributed by atoms with Crippen LogP contribution in [0, 0.1) is 0 Å². The minimum atomic E-state index is 0.108. The lowest BCUT2D eigenvalue weighted by Gasteiger charge is -1.94. The molecule has 90 valence electrons. The molecule has 0 amide bonds. The third-order valence-corrected chi connectivity index (χ3v) is 2.35. The maximum absolute atomic E-state index is 5.76. The molecule has 2 aromatic carbocycles. The number of benzene rings is 2. The number of halogens is 1. The molecule has 0 spiro atoms. The van der Waals surface area contributed by atoms with Gasteiger partial charge in [-0.15, -0.1) is 10.2 Å². The van der Waals surface area contributed by atoms with Gasteiger partial charge in [-0.1, -0.05) is 29.8 Å². The molecule has 0 aliphatic heterocycles. The Morgan fingerprint density at radius 1 is 0.889 bits per heavy atom. The molecule has 2 rings (SSSR count). The number of aliphatic imine (C=N–C) groups is 1. The Hall–Kier alpha value is -2.20. The van der Waals surface area contributed by atoms with Crippen LogP contribution in [0.2, 0.25) is 5.02 Å². The molecule has 5 heteroatoms. The van der Waals surface area contributed by atoms with Gasteiger partial charge in [0.1, 0.15) is 0 Å². The third kappa shape index (κ3) is 3.68. The SMILES string of the molecule is NC(N=Nc1ccc(Cl)cc1)=Nc1ccccc1. The molecule has 0 saturated carbocycles. The van der Waals surface area contributed by atoms with Crippen LogP contribution in [0.15, 0.2) is 69.8 Å². The highest BCUT2D eigenvalue weighted by atomic mass is 35.5. The van der Waals surface area contributed by atoms with E-state index in [4.69, 9.17) is 17.3 Å². The van der Waals surface area contributed by atoms with Crippen molar-refractivity contribution in [1.82, 2.24) is 0 Å².